The summed E-state index contributed by atoms with van der Waals surface area (Å²) in [6, 6.07) is 17.5. The van der Waals surface area contributed by atoms with Gasteiger partial charge < -0.3 is 10.1 Å². The van der Waals surface area contributed by atoms with Crippen molar-refractivity contribution in [3.8, 4) is 17.6 Å². The Morgan fingerprint density at radius 2 is 1.70 bits per heavy atom. The second-order valence-electron chi connectivity index (χ2n) is 4.19. The molecule has 0 saturated carbocycles. The lowest BCUT2D eigenvalue weighted by atomic mass is 10.2. The van der Waals surface area contributed by atoms with Crippen LogP contribution in [0.2, 0.25) is 5.02 Å². The zero-order chi connectivity index (χ0) is 14.0. The highest BCUT2D eigenvalue weighted by Gasteiger charge is 1.91. The van der Waals surface area contributed by atoms with Crippen molar-refractivity contribution in [1.29, 1.82) is 0 Å². The summed E-state index contributed by atoms with van der Waals surface area (Å²) in [5.41, 5.74) is 1.26. The van der Waals surface area contributed by atoms with Gasteiger partial charge in [0.05, 0.1) is 6.54 Å². The Hall–Kier alpha value is -1.95. The third-order valence-electron chi connectivity index (χ3n) is 2.63. The summed E-state index contributed by atoms with van der Waals surface area (Å²) < 4.78 is 5.47. The first-order valence-corrected chi connectivity index (χ1v) is 6.81. The van der Waals surface area contributed by atoms with Gasteiger partial charge >= 0.3 is 0 Å². The van der Waals surface area contributed by atoms with E-state index in [0.29, 0.717) is 18.2 Å². The number of hydrogen-bond acceptors (Lipinski definition) is 2. The molecule has 0 radical (unpaired) electrons. The predicted molar refractivity (Wildman–Crippen MR) is 82.9 cm³/mol. The fraction of sp³-hybridized carbons (Fsp3) is 0.176. The Morgan fingerprint density at radius 1 is 0.950 bits per heavy atom. The van der Waals surface area contributed by atoms with E-state index in [4.69, 9.17) is 16.3 Å². The summed E-state index contributed by atoms with van der Waals surface area (Å²) >= 11 is 5.79. The third-order valence-corrected chi connectivity index (χ3v) is 2.89. The van der Waals surface area contributed by atoms with Gasteiger partial charge in [-0.05, 0) is 29.8 Å². The van der Waals surface area contributed by atoms with Crippen LogP contribution in [0.3, 0.4) is 0 Å². The first-order valence-electron chi connectivity index (χ1n) is 6.43. The second kappa shape index (κ2) is 8.27. The summed E-state index contributed by atoms with van der Waals surface area (Å²) in [5.74, 6) is 6.77. The van der Waals surface area contributed by atoms with Crippen LogP contribution in [0.15, 0.2) is 54.6 Å². The molecule has 20 heavy (non-hydrogen) atoms. The Labute approximate surface area is 124 Å². The number of rotatable bonds is 5. The molecule has 0 aliphatic heterocycles. The number of ether oxygens (including phenoxy) is 1. The van der Waals surface area contributed by atoms with E-state index < -0.39 is 0 Å². The molecule has 0 bridgehead atoms. The highest BCUT2D eigenvalue weighted by atomic mass is 35.5. The van der Waals surface area contributed by atoms with Gasteiger partial charge in [0.2, 0.25) is 0 Å². The van der Waals surface area contributed by atoms with Crippen LogP contribution in [-0.4, -0.2) is 13.2 Å². The number of benzene rings is 2. The molecule has 3 heteroatoms. The molecule has 2 aromatic rings. The van der Waals surface area contributed by atoms with Crippen LogP contribution < -0.4 is 10.1 Å². The lowest BCUT2D eigenvalue weighted by molar-refractivity contribution is 0.370. The van der Waals surface area contributed by atoms with Gasteiger partial charge in [-0.25, -0.2) is 0 Å². The van der Waals surface area contributed by atoms with Crippen LogP contribution in [0, 0.1) is 11.8 Å². The minimum absolute atomic E-state index is 0.384. The highest BCUT2D eigenvalue weighted by Crippen LogP contribution is 2.14. The molecular weight excluding hydrogens is 270 g/mol. The van der Waals surface area contributed by atoms with Crippen molar-refractivity contribution in [2.24, 2.45) is 0 Å². The van der Waals surface area contributed by atoms with Crippen LogP contribution in [0.25, 0.3) is 0 Å². The first kappa shape index (κ1) is 14.5. The summed E-state index contributed by atoms with van der Waals surface area (Å²) in [5, 5.41) is 3.96. The van der Waals surface area contributed by atoms with Crippen LogP contribution in [0.1, 0.15) is 5.56 Å². The molecule has 0 fully saturated rings. The smallest absolute Gasteiger partial charge is 0.149 e. The van der Waals surface area contributed by atoms with Crippen molar-refractivity contribution >= 4 is 11.6 Å². The number of hydrogen-bond donors (Lipinski definition) is 1. The number of nitrogens with one attached hydrogen (secondary N) is 1. The molecule has 0 aromatic heterocycles. The molecule has 102 valence electrons. The fourth-order valence-electron chi connectivity index (χ4n) is 1.63. The Morgan fingerprint density at radius 3 is 2.45 bits per heavy atom. The van der Waals surface area contributed by atoms with Crippen molar-refractivity contribution in [1.82, 2.24) is 5.32 Å². The zero-order valence-electron chi connectivity index (χ0n) is 11.1. The molecule has 2 nitrogen and oxygen atoms in total. The lowest BCUT2D eigenvalue weighted by Gasteiger charge is -2.01. The Bertz CT molecular complexity index is 569. The normalized spacial score (nSPS) is 9.65. The summed E-state index contributed by atoms with van der Waals surface area (Å²) in [6.45, 7) is 1.86. The molecule has 0 aliphatic carbocycles. The van der Waals surface area contributed by atoms with E-state index in [9.17, 15) is 0 Å². The Kier molecular flexibility index (Phi) is 5.98. The maximum Gasteiger partial charge on any atom is 0.149 e. The maximum absolute atomic E-state index is 5.79. The van der Waals surface area contributed by atoms with Crippen molar-refractivity contribution in [3.05, 3.63) is 65.2 Å². The molecule has 0 spiro atoms. The topological polar surface area (TPSA) is 21.3 Å². The SMILES string of the molecule is Clc1ccc(OCC#CCNCc2ccccc2)cc1. The van der Waals surface area contributed by atoms with Gasteiger partial charge in [0.1, 0.15) is 12.4 Å². The maximum atomic E-state index is 5.79. The van der Waals surface area contributed by atoms with Crippen LogP contribution in [-0.2, 0) is 6.54 Å². The van der Waals surface area contributed by atoms with Crippen molar-refractivity contribution in [3.63, 3.8) is 0 Å². The minimum Gasteiger partial charge on any atom is -0.481 e. The minimum atomic E-state index is 0.384. The molecule has 1 N–H and O–H groups in total. The average molecular weight is 286 g/mol. The largest absolute Gasteiger partial charge is 0.481 e. The van der Waals surface area contributed by atoms with Gasteiger partial charge in [0.25, 0.3) is 0 Å². The van der Waals surface area contributed by atoms with Gasteiger partial charge in [0.15, 0.2) is 0 Å². The van der Waals surface area contributed by atoms with Crippen LogP contribution in [0.5, 0.6) is 5.75 Å². The molecule has 0 atom stereocenters. The number of halogens is 1. The van der Waals surface area contributed by atoms with Gasteiger partial charge in [0, 0.05) is 11.6 Å². The molecule has 0 unspecified atom stereocenters. The van der Waals surface area contributed by atoms with E-state index >= 15 is 0 Å². The van der Waals surface area contributed by atoms with E-state index in [2.05, 4.69) is 29.3 Å². The first-order chi connectivity index (χ1) is 9.84. The molecule has 0 saturated heterocycles. The second-order valence-corrected chi connectivity index (χ2v) is 4.62. The Balaban J connectivity index is 1.62. The predicted octanol–water partition coefficient (Wildman–Crippen LogP) is 3.51. The summed E-state index contributed by atoms with van der Waals surface area (Å²) in [7, 11) is 0. The van der Waals surface area contributed by atoms with E-state index in [1.165, 1.54) is 5.56 Å². The van der Waals surface area contributed by atoms with E-state index in [0.717, 1.165) is 12.3 Å². The monoisotopic (exact) mass is 285 g/mol. The molecular formula is C17H16ClNO. The van der Waals surface area contributed by atoms with Crippen molar-refractivity contribution in [2.75, 3.05) is 13.2 Å². The van der Waals surface area contributed by atoms with Crippen LogP contribution >= 0.6 is 11.6 Å². The van der Waals surface area contributed by atoms with Gasteiger partial charge in [-0.3, -0.25) is 0 Å². The molecule has 0 heterocycles. The zero-order valence-corrected chi connectivity index (χ0v) is 11.9. The van der Waals surface area contributed by atoms with E-state index in [-0.39, 0.29) is 0 Å². The standard InChI is InChI=1S/C17H16ClNO/c18-16-8-10-17(11-9-16)20-13-5-4-12-19-14-15-6-2-1-3-7-15/h1-3,6-11,19H,12-14H2. The van der Waals surface area contributed by atoms with E-state index in [1.54, 1.807) is 12.1 Å². The molecule has 0 aliphatic rings. The van der Waals surface area contributed by atoms with Gasteiger partial charge in [-0.15, -0.1) is 0 Å². The molecule has 2 aromatic carbocycles. The van der Waals surface area contributed by atoms with Crippen molar-refractivity contribution < 1.29 is 4.74 Å². The lowest BCUT2D eigenvalue weighted by Crippen LogP contribution is -2.13. The van der Waals surface area contributed by atoms with Gasteiger partial charge in [-0.1, -0.05) is 53.8 Å². The summed E-state index contributed by atoms with van der Waals surface area (Å²) in [6.07, 6.45) is 0. The van der Waals surface area contributed by atoms with Crippen molar-refractivity contribution in [2.45, 2.75) is 6.54 Å². The highest BCUT2D eigenvalue weighted by molar-refractivity contribution is 6.30. The molecule has 0 amide bonds. The average Bonchev–Trinajstić information content (AvgIpc) is 2.49. The fourth-order valence-corrected chi connectivity index (χ4v) is 1.75. The quantitative estimate of drug-likeness (QED) is 0.670. The van der Waals surface area contributed by atoms with Crippen LogP contribution in [0.4, 0.5) is 0 Å². The molecule has 2 rings (SSSR count). The third kappa shape index (κ3) is 5.36. The van der Waals surface area contributed by atoms with Gasteiger partial charge in [-0.2, -0.15) is 0 Å². The summed E-state index contributed by atoms with van der Waals surface area (Å²) in [4.78, 5) is 0. The van der Waals surface area contributed by atoms with E-state index in [1.807, 2.05) is 30.3 Å².